The lowest BCUT2D eigenvalue weighted by Gasteiger charge is -2.11. The minimum Gasteiger partial charge on any atom is -0.380 e. The Morgan fingerprint density at radius 2 is 2.19 bits per heavy atom. The van der Waals surface area contributed by atoms with Gasteiger partial charge in [-0.25, -0.2) is 4.79 Å². The molecule has 1 atom stereocenters. The van der Waals surface area contributed by atoms with E-state index < -0.39 is 0 Å². The van der Waals surface area contributed by atoms with E-state index in [0.29, 0.717) is 6.54 Å². The molecule has 1 aromatic carbocycles. The van der Waals surface area contributed by atoms with Crippen LogP contribution in [0.2, 0.25) is 0 Å². The number of halogens is 1. The highest BCUT2D eigenvalue weighted by Crippen LogP contribution is 2.26. The fourth-order valence-corrected chi connectivity index (χ4v) is 2.91. The third-order valence-corrected chi connectivity index (χ3v) is 4.27. The number of hydrogen-bond donors (Lipinski definition) is 0. The molecule has 0 amide bonds. The highest BCUT2D eigenvalue weighted by Gasteiger charge is 2.16. The smallest absolute Gasteiger partial charge is 0.328 e. The molecule has 3 rings (SSSR count). The van der Waals surface area contributed by atoms with Gasteiger partial charge in [0.25, 0.3) is 0 Å². The van der Waals surface area contributed by atoms with Crippen molar-refractivity contribution in [2.24, 2.45) is 7.05 Å². The van der Waals surface area contributed by atoms with E-state index >= 15 is 0 Å². The molecule has 0 bridgehead atoms. The molecule has 1 unspecified atom stereocenters. The first-order valence-corrected chi connectivity index (χ1v) is 7.48. The molecule has 0 saturated carbocycles. The van der Waals surface area contributed by atoms with Crippen molar-refractivity contribution in [2.45, 2.75) is 19.6 Å². The number of imidazole rings is 1. The first kappa shape index (κ1) is 14.3. The molecule has 0 spiro atoms. The van der Waals surface area contributed by atoms with Crippen LogP contribution in [0.1, 0.15) is 6.92 Å². The maximum Gasteiger partial charge on any atom is 0.328 e. The normalized spacial score (nSPS) is 13.1. The minimum absolute atomic E-state index is 0.0383. The van der Waals surface area contributed by atoms with Crippen LogP contribution in [0.4, 0.5) is 0 Å². The largest absolute Gasteiger partial charge is 0.380 e. The summed E-state index contributed by atoms with van der Waals surface area (Å²) in [6.45, 7) is 2.46. The monoisotopic (exact) mass is 349 g/mol. The number of rotatable bonds is 3. The Kier molecular flexibility index (Phi) is 3.59. The van der Waals surface area contributed by atoms with E-state index in [2.05, 4.69) is 20.9 Å². The van der Waals surface area contributed by atoms with E-state index in [1.165, 1.54) is 0 Å². The SMILES string of the molecule is COC(C)Cn1c(=O)n(C)c2cnc3ccc(Br)cc3c21. The lowest BCUT2D eigenvalue weighted by atomic mass is 10.2. The van der Waals surface area contributed by atoms with Crippen LogP contribution < -0.4 is 5.69 Å². The summed E-state index contributed by atoms with van der Waals surface area (Å²) in [6.07, 6.45) is 1.71. The van der Waals surface area contributed by atoms with E-state index in [0.717, 1.165) is 26.4 Å². The van der Waals surface area contributed by atoms with Gasteiger partial charge in [-0.05, 0) is 25.1 Å². The van der Waals surface area contributed by atoms with Crippen molar-refractivity contribution in [2.75, 3.05) is 7.11 Å². The molecule has 0 aliphatic heterocycles. The molecule has 3 aromatic rings. The van der Waals surface area contributed by atoms with Crippen LogP contribution in [-0.2, 0) is 18.3 Å². The molecule has 0 fully saturated rings. The van der Waals surface area contributed by atoms with Gasteiger partial charge in [0, 0.05) is 24.0 Å². The number of methoxy groups -OCH3 is 1. The van der Waals surface area contributed by atoms with Crippen molar-refractivity contribution < 1.29 is 4.74 Å². The second-order valence-electron chi connectivity index (χ2n) is 5.15. The highest BCUT2D eigenvalue weighted by atomic mass is 79.9. The molecule has 0 aliphatic rings. The summed E-state index contributed by atoms with van der Waals surface area (Å²) in [4.78, 5) is 16.9. The Hall–Kier alpha value is -1.66. The molecular weight excluding hydrogens is 334 g/mol. The molecule has 2 heterocycles. The van der Waals surface area contributed by atoms with Gasteiger partial charge >= 0.3 is 5.69 Å². The molecule has 2 aromatic heterocycles. The fourth-order valence-electron chi connectivity index (χ4n) is 2.55. The van der Waals surface area contributed by atoms with Crippen LogP contribution in [0.3, 0.4) is 0 Å². The average Bonchev–Trinajstić information content (AvgIpc) is 2.72. The third-order valence-electron chi connectivity index (χ3n) is 3.77. The molecule has 110 valence electrons. The number of ether oxygens (including phenoxy) is 1. The Morgan fingerprint density at radius 1 is 1.43 bits per heavy atom. The number of aryl methyl sites for hydroxylation is 1. The maximum absolute atomic E-state index is 12.5. The zero-order chi connectivity index (χ0) is 15.1. The maximum atomic E-state index is 12.5. The van der Waals surface area contributed by atoms with Crippen molar-refractivity contribution in [3.63, 3.8) is 0 Å². The lowest BCUT2D eigenvalue weighted by Crippen LogP contribution is -2.27. The Labute approximate surface area is 130 Å². The topological polar surface area (TPSA) is 49.0 Å². The summed E-state index contributed by atoms with van der Waals surface area (Å²) in [7, 11) is 3.42. The average molecular weight is 350 g/mol. The van der Waals surface area contributed by atoms with Crippen LogP contribution in [0.5, 0.6) is 0 Å². The second-order valence-corrected chi connectivity index (χ2v) is 6.07. The van der Waals surface area contributed by atoms with Gasteiger partial charge in [0.05, 0.1) is 35.4 Å². The van der Waals surface area contributed by atoms with Crippen molar-refractivity contribution in [3.8, 4) is 0 Å². The highest BCUT2D eigenvalue weighted by molar-refractivity contribution is 9.10. The molecule has 5 nitrogen and oxygen atoms in total. The van der Waals surface area contributed by atoms with Gasteiger partial charge in [0.15, 0.2) is 0 Å². The number of nitrogens with zero attached hydrogens (tertiary/aromatic N) is 3. The minimum atomic E-state index is -0.0526. The van der Waals surface area contributed by atoms with Gasteiger partial charge in [-0.15, -0.1) is 0 Å². The van der Waals surface area contributed by atoms with Crippen LogP contribution in [-0.4, -0.2) is 27.3 Å². The summed E-state index contributed by atoms with van der Waals surface area (Å²) in [6, 6.07) is 5.89. The quantitative estimate of drug-likeness (QED) is 0.730. The molecule has 6 heteroatoms. The molecule has 0 N–H and O–H groups in total. The first-order chi connectivity index (χ1) is 10.0. The number of benzene rings is 1. The molecular formula is C15H16BrN3O2. The standard InChI is InChI=1S/C15H16BrN3O2/c1-9(21-3)8-19-14-11-6-10(16)4-5-12(11)17-7-13(14)18(2)15(19)20/h4-7,9H,8H2,1-3H3. The van der Waals surface area contributed by atoms with E-state index in [4.69, 9.17) is 4.74 Å². The van der Waals surface area contributed by atoms with Gasteiger partial charge in [-0.2, -0.15) is 0 Å². The zero-order valence-electron chi connectivity index (χ0n) is 12.1. The van der Waals surface area contributed by atoms with Crippen molar-refractivity contribution >= 4 is 37.9 Å². The number of fused-ring (bicyclic) bond motifs is 3. The van der Waals surface area contributed by atoms with Crippen molar-refractivity contribution in [3.05, 3.63) is 39.4 Å². The number of hydrogen-bond acceptors (Lipinski definition) is 3. The number of aromatic nitrogens is 3. The Morgan fingerprint density at radius 3 is 2.90 bits per heavy atom. The summed E-state index contributed by atoms with van der Waals surface area (Å²) >= 11 is 3.49. The van der Waals surface area contributed by atoms with Gasteiger partial charge in [0.1, 0.15) is 0 Å². The molecule has 0 radical (unpaired) electrons. The van der Waals surface area contributed by atoms with Crippen LogP contribution in [0.15, 0.2) is 33.7 Å². The Balaban J connectivity index is 2.42. The van der Waals surface area contributed by atoms with Gasteiger partial charge in [-0.1, -0.05) is 15.9 Å². The molecule has 21 heavy (non-hydrogen) atoms. The van der Waals surface area contributed by atoms with Crippen LogP contribution >= 0.6 is 15.9 Å². The predicted octanol–water partition coefficient (Wildman–Crippen LogP) is 2.69. The lowest BCUT2D eigenvalue weighted by molar-refractivity contribution is 0.103. The van der Waals surface area contributed by atoms with Gasteiger partial charge in [-0.3, -0.25) is 14.1 Å². The molecule has 0 saturated heterocycles. The van der Waals surface area contributed by atoms with E-state index in [-0.39, 0.29) is 11.8 Å². The Bertz CT molecular complexity index is 882. The van der Waals surface area contributed by atoms with Gasteiger partial charge in [0.2, 0.25) is 0 Å². The van der Waals surface area contributed by atoms with Crippen LogP contribution in [0.25, 0.3) is 21.9 Å². The van der Waals surface area contributed by atoms with E-state index in [1.54, 1.807) is 29.5 Å². The van der Waals surface area contributed by atoms with Crippen LogP contribution in [0, 0.1) is 0 Å². The summed E-state index contributed by atoms with van der Waals surface area (Å²) in [5, 5.41) is 0.961. The molecule has 0 aliphatic carbocycles. The predicted molar refractivity (Wildman–Crippen MR) is 86.7 cm³/mol. The first-order valence-electron chi connectivity index (χ1n) is 6.69. The number of pyridine rings is 1. The van der Waals surface area contributed by atoms with Gasteiger partial charge < -0.3 is 4.74 Å². The third kappa shape index (κ3) is 2.28. The van der Waals surface area contributed by atoms with Crippen molar-refractivity contribution in [1.82, 2.24) is 14.1 Å². The zero-order valence-corrected chi connectivity index (χ0v) is 13.7. The van der Waals surface area contributed by atoms with E-state index in [1.807, 2.05) is 25.1 Å². The summed E-state index contributed by atoms with van der Waals surface area (Å²) < 4.78 is 9.67. The second kappa shape index (κ2) is 5.27. The summed E-state index contributed by atoms with van der Waals surface area (Å²) in [5.41, 5.74) is 2.55. The fraction of sp³-hybridized carbons (Fsp3) is 0.333. The van der Waals surface area contributed by atoms with Crippen molar-refractivity contribution in [1.29, 1.82) is 0 Å². The summed E-state index contributed by atoms with van der Waals surface area (Å²) in [5.74, 6) is 0. The van der Waals surface area contributed by atoms with E-state index in [9.17, 15) is 4.79 Å².